The minimum atomic E-state index is -1.07. The summed E-state index contributed by atoms with van der Waals surface area (Å²) in [4.78, 5) is 50.6. The van der Waals surface area contributed by atoms with Crippen LogP contribution < -0.4 is 10.2 Å². The molecule has 2 aliphatic rings. The highest BCUT2D eigenvalue weighted by Gasteiger charge is 2.55. The van der Waals surface area contributed by atoms with Crippen LogP contribution in [-0.4, -0.2) is 53.9 Å². The van der Waals surface area contributed by atoms with Crippen molar-refractivity contribution < 1.29 is 28.3 Å². The maximum atomic E-state index is 13.2. The largest absolute Gasteiger partial charge is 0.462 e. The Balaban J connectivity index is 1.41. The average Bonchev–Trinajstić information content (AvgIpc) is 3.29. The highest BCUT2D eigenvalue weighted by atomic mass is 19.1. The summed E-state index contributed by atoms with van der Waals surface area (Å²) in [7, 11) is 0. The summed E-state index contributed by atoms with van der Waals surface area (Å²) in [5.41, 5.74) is 0.992. The minimum absolute atomic E-state index is 0.220. The number of hydrogen-bond donors (Lipinski definition) is 1. The van der Waals surface area contributed by atoms with E-state index < -0.39 is 41.6 Å². The zero-order valence-electron chi connectivity index (χ0n) is 16.9. The normalized spacial score (nSPS) is 19.3. The lowest BCUT2D eigenvalue weighted by molar-refractivity contribution is -0.123. The first-order chi connectivity index (χ1) is 15.4. The number of benzene rings is 2. The number of carbonyl (C=O) groups is 4. The van der Waals surface area contributed by atoms with E-state index in [4.69, 9.17) is 4.74 Å². The van der Waals surface area contributed by atoms with Gasteiger partial charge in [-0.05, 0) is 55.5 Å². The first-order valence-electron chi connectivity index (χ1n) is 9.77. The minimum Gasteiger partial charge on any atom is -0.462 e. The molecule has 0 radical (unpaired) electrons. The van der Waals surface area contributed by atoms with Crippen molar-refractivity contribution in [3.05, 3.63) is 59.9 Å². The molecular weight excluding hydrogens is 421 g/mol. The van der Waals surface area contributed by atoms with Crippen LogP contribution in [0.1, 0.15) is 17.3 Å². The third-order valence-corrected chi connectivity index (χ3v) is 4.93. The number of nitrogens with zero attached hydrogens (tertiary/aromatic N) is 4. The summed E-state index contributed by atoms with van der Waals surface area (Å²) in [6.45, 7) is 1.64. The molecule has 0 bridgehead atoms. The molecule has 0 spiro atoms. The second-order valence-corrected chi connectivity index (χ2v) is 7.03. The highest BCUT2D eigenvalue weighted by molar-refractivity contribution is 6.25. The van der Waals surface area contributed by atoms with Gasteiger partial charge < -0.3 is 10.1 Å². The Bertz CT molecular complexity index is 1100. The number of nitrogens with one attached hydrogen (secondary N) is 1. The summed E-state index contributed by atoms with van der Waals surface area (Å²) in [5.74, 6) is -2.64. The van der Waals surface area contributed by atoms with Crippen LogP contribution in [0.5, 0.6) is 0 Å². The van der Waals surface area contributed by atoms with Gasteiger partial charge in [-0.1, -0.05) is 5.22 Å². The fourth-order valence-corrected chi connectivity index (χ4v) is 3.45. The lowest BCUT2D eigenvalue weighted by Crippen LogP contribution is -2.43. The topological polar surface area (TPSA) is 121 Å². The molecule has 164 valence electrons. The summed E-state index contributed by atoms with van der Waals surface area (Å²) in [6.07, 6.45) is 0. The van der Waals surface area contributed by atoms with Crippen LogP contribution >= 0.6 is 0 Å². The Kier molecular flexibility index (Phi) is 5.63. The first-order valence-corrected chi connectivity index (χ1v) is 9.77. The summed E-state index contributed by atoms with van der Waals surface area (Å²) < 4.78 is 18.1. The van der Waals surface area contributed by atoms with Gasteiger partial charge in [0.1, 0.15) is 12.4 Å². The number of amides is 3. The molecule has 1 N–H and O–H groups in total. The van der Waals surface area contributed by atoms with Gasteiger partial charge in [-0.25, -0.2) is 14.1 Å². The quantitative estimate of drug-likeness (QED) is 0.542. The van der Waals surface area contributed by atoms with Crippen molar-refractivity contribution in [2.75, 3.05) is 23.4 Å². The predicted octanol–water partition coefficient (Wildman–Crippen LogP) is 1.93. The Morgan fingerprint density at radius 3 is 2.41 bits per heavy atom. The van der Waals surface area contributed by atoms with Crippen LogP contribution in [0.2, 0.25) is 0 Å². The van der Waals surface area contributed by atoms with Crippen LogP contribution in [-0.2, 0) is 19.1 Å². The smallest absolute Gasteiger partial charge is 0.338 e. The van der Waals surface area contributed by atoms with Gasteiger partial charge in [0.25, 0.3) is 11.8 Å². The fourth-order valence-electron chi connectivity index (χ4n) is 3.45. The van der Waals surface area contributed by atoms with E-state index in [0.29, 0.717) is 11.3 Å². The van der Waals surface area contributed by atoms with Crippen molar-refractivity contribution in [2.24, 2.45) is 10.3 Å². The Labute approximate surface area is 181 Å². The maximum Gasteiger partial charge on any atom is 0.338 e. The summed E-state index contributed by atoms with van der Waals surface area (Å²) in [5, 5.41) is 11.4. The van der Waals surface area contributed by atoms with Gasteiger partial charge in [0.05, 0.1) is 17.9 Å². The third-order valence-electron chi connectivity index (χ3n) is 4.93. The van der Waals surface area contributed by atoms with E-state index >= 15 is 0 Å². The van der Waals surface area contributed by atoms with Crippen molar-refractivity contribution >= 4 is 35.1 Å². The molecule has 2 aromatic carbocycles. The van der Waals surface area contributed by atoms with Gasteiger partial charge in [0, 0.05) is 5.69 Å². The molecule has 2 aromatic rings. The van der Waals surface area contributed by atoms with E-state index in [1.54, 1.807) is 19.1 Å². The van der Waals surface area contributed by atoms with Gasteiger partial charge in [-0.2, -0.15) is 5.11 Å². The predicted molar refractivity (Wildman–Crippen MR) is 109 cm³/mol. The molecule has 32 heavy (non-hydrogen) atoms. The monoisotopic (exact) mass is 439 g/mol. The summed E-state index contributed by atoms with van der Waals surface area (Å²) in [6, 6.07) is 8.92. The molecule has 0 aromatic heterocycles. The molecule has 3 amide bonds. The van der Waals surface area contributed by atoms with E-state index in [1.165, 1.54) is 24.3 Å². The van der Waals surface area contributed by atoms with Crippen molar-refractivity contribution in [3.63, 3.8) is 0 Å². The van der Waals surface area contributed by atoms with Gasteiger partial charge in [-0.3, -0.25) is 19.4 Å². The number of halogens is 1. The van der Waals surface area contributed by atoms with Crippen molar-refractivity contribution in [1.82, 2.24) is 5.01 Å². The van der Waals surface area contributed by atoms with E-state index in [9.17, 15) is 23.6 Å². The standard InChI is InChI=1S/C21H18FN5O5/c1-2-32-21(31)12-3-7-14(8-4-12)23-16(28)11-26-18-17(24-25-26)19(29)27(20(18)30)15-9-5-13(22)6-10-15/h3-10,17-18H,2,11H2,1H3,(H,23,28)/t17-,18-/m1/s1. The van der Waals surface area contributed by atoms with Crippen molar-refractivity contribution in [3.8, 4) is 0 Å². The molecule has 1 saturated heterocycles. The van der Waals surface area contributed by atoms with E-state index in [-0.39, 0.29) is 18.8 Å². The zero-order chi connectivity index (χ0) is 22.8. The van der Waals surface area contributed by atoms with Crippen LogP contribution in [0.15, 0.2) is 58.9 Å². The second kappa shape index (κ2) is 8.53. The van der Waals surface area contributed by atoms with Crippen LogP contribution in [0.3, 0.4) is 0 Å². The second-order valence-electron chi connectivity index (χ2n) is 7.03. The molecular formula is C21H18FN5O5. The lowest BCUT2D eigenvalue weighted by atomic mass is 10.1. The average molecular weight is 439 g/mol. The molecule has 2 aliphatic heterocycles. The zero-order valence-corrected chi connectivity index (χ0v) is 16.9. The van der Waals surface area contributed by atoms with Crippen LogP contribution in [0.25, 0.3) is 0 Å². The number of carbonyl (C=O) groups excluding carboxylic acids is 4. The Hall–Kier alpha value is -4.15. The number of hydrogen-bond acceptors (Lipinski definition) is 8. The Morgan fingerprint density at radius 1 is 1.06 bits per heavy atom. The number of fused-ring (bicyclic) bond motifs is 1. The molecule has 0 unspecified atom stereocenters. The molecule has 4 rings (SSSR count). The number of imide groups is 1. The third kappa shape index (κ3) is 3.92. The van der Waals surface area contributed by atoms with Crippen LogP contribution in [0, 0.1) is 5.82 Å². The first kappa shape index (κ1) is 21.1. The van der Waals surface area contributed by atoms with E-state index in [1.807, 2.05) is 0 Å². The number of anilines is 2. The Morgan fingerprint density at radius 2 is 1.75 bits per heavy atom. The number of esters is 1. The van der Waals surface area contributed by atoms with Gasteiger partial charge in [-0.15, -0.1) is 0 Å². The fraction of sp³-hybridized carbons (Fsp3) is 0.238. The van der Waals surface area contributed by atoms with E-state index in [0.717, 1.165) is 22.0 Å². The molecule has 10 nitrogen and oxygen atoms in total. The van der Waals surface area contributed by atoms with Gasteiger partial charge in [0.2, 0.25) is 5.91 Å². The van der Waals surface area contributed by atoms with E-state index in [2.05, 4.69) is 15.7 Å². The number of rotatable bonds is 6. The molecule has 1 fully saturated rings. The van der Waals surface area contributed by atoms with Gasteiger partial charge in [0.15, 0.2) is 12.1 Å². The highest BCUT2D eigenvalue weighted by Crippen LogP contribution is 2.31. The molecule has 2 heterocycles. The summed E-state index contributed by atoms with van der Waals surface area (Å²) >= 11 is 0. The lowest BCUT2D eigenvalue weighted by Gasteiger charge is -2.20. The van der Waals surface area contributed by atoms with Crippen molar-refractivity contribution in [1.29, 1.82) is 0 Å². The number of ether oxygens (including phenoxy) is 1. The molecule has 2 atom stereocenters. The maximum absolute atomic E-state index is 13.2. The van der Waals surface area contributed by atoms with Crippen LogP contribution in [0.4, 0.5) is 15.8 Å². The molecule has 0 saturated carbocycles. The van der Waals surface area contributed by atoms with Gasteiger partial charge >= 0.3 is 5.97 Å². The molecule has 11 heteroatoms. The SMILES string of the molecule is CCOC(=O)c1ccc(NC(=O)CN2N=N[C@H]3C(=O)N(c4ccc(F)cc4)C(=O)[C@@H]32)cc1. The van der Waals surface area contributed by atoms with Crippen molar-refractivity contribution in [2.45, 2.75) is 19.0 Å². The molecule has 0 aliphatic carbocycles.